The zero-order chi connectivity index (χ0) is 30.7. The number of hydrogen-bond acceptors (Lipinski definition) is 9. The molecule has 3 heterocycles. The predicted molar refractivity (Wildman–Crippen MR) is 166 cm³/mol. The Morgan fingerprint density at radius 1 is 1.09 bits per heavy atom. The molecule has 232 valence electrons. The monoisotopic (exact) mass is 590 g/mol. The molecule has 1 aliphatic carbocycles. The first kappa shape index (κ1) is 32.1. The van der Waals surface area contributed by atoms with Gasteiger partial charge in [0, 0.05) is 56.4 Å². The molecule has 1 atom stereocenters. The van der Waals surface area contributed by atoms with E-state index >= 15 is 0 Å². The summed E-state index contributed by atoms with van der Waals surface area (Å²) in [6, 6.07) is 7.39. The molecule has 4 rings (SSSR count). The van der Waals surface area contributed by atoms with Crippen molar-refractivity contribution in [1.29, 1.82) is 0 Å². The number of amides is 1. The van der Waals surface area contributed by atoms with E-state index in [0.717, 1.165) is 38.6 Å². The maximum absolute atomic E-state index is 13.3. The van der Waals surface area contributed by atoms with Crippen molar-refractivity contribution < 1.29 is 14.3 Å². The summed E-state index contributed by atoms with van der Waals surface area (Å²) in [5.41, 5.74) is 3.23. The molecule has 3 aromatic heterocycles. The Kier molecular flexibility index (Phi) is 11.6. The third kappa shape index (κ3) is 10.7. The Labute approximate surface area is 254 Å². The van der Waals surface area contributed by atoms with Crippen molar-refractivity contribution in [2.45, 2.75) is 90.7 Å². The van der Waals surface area contributed by atoms with E-state index in [1.807, 2.05) is 26.8 Å². The third-order valence-electron chi connectivity index (χ3n) is 7.33. The zero-order valence-electron chi connectivity index (χ0n) is 26.0. The molecule has 0 radical (unpaired) electrons. The summed E-state index contributed by atoms with van der Waals surface area (Å²) in [7, 11) is 0. The summed E-state index contributed by atoms with van der Waals surface area (Å²) in [6.45, 7) is 9.84. The van der Waals surface area contributed by atoms with E-state index < -0.39 is 11.6 Å². The Morgan fingerprint density at radius 3 is 2.70 bits per heavy atom. The molecule has 0 aromatic carbocycles. The summed E-state index contributed by atoms with van der Waals surface area (Å²) in [4.78, 5) is 40.7. The second-order valence-corrected chi connectivity index (χ2v) is 12.1. The quantitative estimate of drug-likeness (QED) is 0.200. The maximum atomic E-state index is 13.3. The molecule has 0 saturated carbocycles. The number of unbranched alkanes of at least 4 members (excludes halogenated alkanes) is 1. The van der Waals surface area contributed by atoms with Crippen LogP contribution in [0.15, 0.2) is 43.0 Å². The number of aryl methyl sites for hydroxylation is 3. The number of nitrogens with zero attached hydrogens (tertiary/aromatic N) is 6. The van der Waals surface area contributed by atoms with Gasteiger partial charge in [0.15, 0.2) is 5.82 Å². The van der Waals surface area contributed by atoms with Crippen LogP contribution in [0.2, 0.25) is 0 Å². The van der Waals surface area contributed by atoms with Crippen LogP contribution in [0.25, 0.3) is 5.82 Å². The van der Waals surface area contributed by atoms with Gasteiger partial charge in [0.05, 0.1) is 0 Å². The number of carbonyl (C=O) groups excluding carboxylic acids is 2. The minimum Gasteiger partial charge on any atom is -0.458 e. The number of pyridine rings is 1. The van der Waals surface area contributed by atoms with Crippen LogP contribution in [0.4, 0.5) is 5.82 Å². The number of fused-ring (bicyclic) bond motifs is 1. The first-order chi connectivity index (χ1) is 20.7. The van der Waals surface area contributed by atoms with Crippen LogP contribution < -0.4 is 10.6 Å². The van der Waals surface area contributed by atoms with Crippen LogP contribution in [0.5, 0.6) is 0 Å². The van der Waals surface area contributed by atoms with Crippen molar-refractivity contribution in [2.75, 3.05) is 31.5 Å². The van der Waals surface area contributed by atoms with E-state index in [2.05, 4.69) is 42.7 Å². The van der Waals surface area contributed by atoms with E-state index in [-0.39, 0.29) is 11.9 Å². The van der Waals surface area contributed by atoms with E-state index in [9.17, 15) is 9.59 Å². The first-order valence-electron chi connectivity index (χ1n) is 15.4. The lowest BCUT2D eigenvalue weighted by molar-refractivity contribution is -0.156. The van der Waals surface area contributed by atoms with Gasteiger partial charge < -0.3 is 20.3 Å². The zero-order valence-corrected chi connectivity index (χ0v) is 26.0. The summed E-state index contributed by atoms with van der Waals surface area (Å²) in [6.07, 6.45) is 13.1. The SMILES string of the molecule is CC(=O)NCCN(CCCCc1ccc2c(n1)CCCC2)CC[C@H](Nc1cc(-n2cccn2)ncn1)C(=O)OC(C)(C)C. The molecule has 11 nitrogen and oxygen atoms in total. The lowest BCUT2D eigenvalue weighted by atomic mass is 9.95. The van der Waals surface area contributed by atoms with Gasteiger partial charge in [0.25, 0.3) is 0 Å². The van der Waals surface area contributed by atoms with E-state index in [1.54, 1.807) is 23.1 Å². The molecule has 0 spiro atoms. The normalized spacial score (nSPS) is 13.8. The van der Waals surface area contributed by atoms with Crippen molar-refractivity contribution in [2.24, 2.45) is 0 Å². The molecule has 0 aliphatic heterocycles. The molecule has 2 N–H and O–H groups in total. The average molecular weight is 591 g/mol. The minimum absolute atomic E-state index is 0.0523. The highest BCUT2D eigenvalue weighted by atomic mass is 16.6. The number of hydrogen-bond donors (Lipinski definition) is 2. The number of carbonyl (C=O) groups is 2. The summed E-state index contributed by atoms with van der Waals surface area (Å²) in [5, 5.41) is 10.4. The molecule has 1 amide bonds. The van der Waals surface area contributed by atoms with E-state index in [4.69, 9.17) is 9.72 Å². The molecule has 0 fully saturated rings. The van der Waals surface area contributed by atoms with Gasteiger partial charge >= 0.3 is 5.97 Å². The van der Waals surface area contributed by atoms with Crippen LogP contribution in [-0.4, -0.2) is 79.3 Å². The maximum Gasteiger partial charge on any atom is 0.329 e. The Hall–Kier alpha value is -3.86. The molecule has 3 aromatic rings. The number of rotatable bonds is 15. The minimum atomic E-state index is -0.626. The predicted octanol–water partition coefficient (Wildman–Crippen LogP) is 3.91. The van der Waals surface area contributed by atoms with Crippen molar-refractivity contribution in [3.8, 4) is 5.82 Å². The Balaban J connectivity index is 1.37. The average Bonchev–Trinajstić information content (AvgIpc) is 3.51. The molecule has 0 bridgehead atoms. The highest BCUT2D eigenvalue weighted by molar-refractivity contribution is 5.79. The van der Waals surface area contributed by atoms with Gasteiger partial charge in [-0.05, 0) is 96.4 Å². The fourth-order valence-electron chi connectivity index (χ4n) is 5.20. The highest BCUT2D eigenvalue weighted by Gasteiger charge is 2.26. The number of nitrogens with one attached hydrogen (secondary N) is 2. The molecule has 11 heteroatoms. The smallest absolute Gasteiger partial charge is 0.329 e. The number of ether oxygens (including phenoxy) is 1. The van der Waals surface area contributed by atoms with Gasteiger partial charge in [-0.25, -0.2) is 19.4 Å². The van der Waals surface area contributed by atoms with Crippen LogP contribution >= 0.6 is 0 Å². The number of esters is 1. The van der Waals surface area contributed by atoms with Crippen LogP contribution in [0.3, 0.4) is 0 Å². The standard InChI is InChI=1S/C32H46N8O3/c1-24(41)33-17-21-39(18-8-7-11-26-14-13-25-10-5-6-12-27(25)37-26)20-15-28(31(42)43-32(2,3)4)38-29-22-30(35-23-34-29)40-19-9-16-36-40/h9,13-14,16,19,22-23,28H,5-8,10-12,15,17-18,20-21H2,1-4H3,(H,33,41)(H,34,35,38)/t28-/m0/s1. The van der Waals surface area contributed by atoms with Gasteiger partial charge in [-0.2, -0.15) is 5.10 Å². The van der Waals surface area contributed by atoms with Crippen molar-refractivity contribution >= 4 is 17.7 Å². The first-order valence-corrected chi connectivity index (χ1v) is 15.4. The molecule has 43 heavy (non-hydrogen) atoms. The lowest BCUT2D eigenvalue weighted by Gasteiger charge is -2.28. The van der Waals surface area contributed by atoms with Crippen LogP contribution in [0.1, 0.15) is 76.8 Å². The lowest BCUT2D eigenvalue weighted by Crippen LogP contribution is -2.41. The van der Waals surface area contributed by atoms with Crippen molar-refractivity contribution in [1.82, 2.24) is 34.9 Å². The highest BCUT2D eigenvalue weighted by Crippen LogP contribution is 2.20. The van der Waals surface area contributed by atoms with Gasteiger partial charge in [-0.15, -0.1) is 0 Å². The molecule has 0 saturated heterocycles. The van der Waals surface area contributed by atoms with Crippen LogP contribution in [0, 0.1) is 0 Å². The second kappa shape index (κ2) is 15.6. The number of anilines is 1. The molecular formula is C32H46N8O3. The molecular weight excluding hydrogens is 544 g/mol. The van der Waals surface area contributed by atoms with Gasteiger partial charge in [0.2, 0.25) is 5.91 Å². The van der Waals surface area contributed by atoms with Gasteiger partial charge in [-0.1, -0.05) is 6.07 Å². The second-order valence-electron chi connectivity index (χ2n) is 12.1. The van der Waals surface area contributed by atoms with Gasteiger partial charge in [-0.3, -0.25) is 9.78 Å². The summed E-state index contributed by atoms with van der Waals surface area (Å²) >= 11 is 0. The Morgan fingerprint density at radius 2 is 1.93 bits per heavy atom. The fourth-order valence-corrected chi connectivity index (χ4v) is 5.20. The van der Waals surface area contributed by atoms with Crippen molar-refractivity contribution in [3.63, 3.8) is 0 Å². The third-order valence-corrected chi connectivity index (χ3v) is 7.33. The largest absolute Gasteiger partial charge is 0.458 e. The van der Waals surface area contributed by atoms with Crippen molar-refractivity contribution in [3.05, 3.63) is 59.9 Å². The topological polar surface area (TPSA) is 127 Å². The number of aromatic nitrogens is 5. The van der Waals surface area contributed by atoms with Crippen LogP contribution in [-0.2, 0) is 33.6 Å². The summed E-state index contributed by atoms with van der Waals surface area (Å²) in [5.74, 6) is 0.713. The molecule has 0 unspecified atom stereocenters. The molecule has 1 aliphatic rings. The Bertz CT molecular complexity index is 1320. The summed E-state index contributed by atoms with van der Waals surface area (Å²) < 4.78 is 7.40. The fraction of sp³-hybridized carbons (Fsp3) is 0.562. The van der Waals surface area contributed by atoms with E-state index in [1.165, 1.54) is 43.0 Å². The van der Waals surface area contributed by atoms with E-state index in [0.29, 0.717) is 37.7 Å². The van der Waals surface area contributed by atoms with Gasteiger partial charge in [0.1, 0.15) is 23.8 Å².